The number of anilines is 2. The molecule has 110 valence electrons. The lowest BCUT2D eigenvalue weighted by molar-refractivity contribution is -0.118. The van der Waals surface area contributed by atoms with Gasteiger partial charge in [0.1, 0.15) is 17.3 Å². The first-order valence-corrected chi connectivity index (χ1v) is 6.20. The van der Waals surface area contributed by atoms with Gasteiger partial charge in [-0.15, -0.1) is 0 Å². The molecule has 5 nitrogen and oxygen atoms in total. The zero-order valence-corrected chi connectivity index (χ0v) is 11.4. The summed E-state index contributed by atoms with van der Waals surface area (Å²) in [5.74, 6) is 0.171. The Labute approximate surface area is 121 Å². The zero-order chi connectivity index (χ0) is 15.2. The average molecular weight is 290 g/mol. The summed E-state index contributed by atoms with van der Waals surface area (Å²) >= 11 is 0. The summed E-state index contributed by atoms with van der Waals surface area (Å²) in [6.45, 7) is -0.205. The van der Waals surface area contributed by atoms with E-state index in [0.29, 0.717) is 22.9 Å². The van der Waals surface area contributed by atoms with Crippen molar-refractivity contribution in [2.75, 3.05) is 24.8 Å². The van der Waals surface area contributed by atoms with Gasteiger partial charge in [-0.3, -0.25) is 4.79 Å². The fourth-order valence-corrected chi connectivity index (χ4v) is 1.69. The minimum absolute atomic E-state index is 0.205. The Morgan fingerprint density at radius 2 is 1.95 bits per heavy atom. The molecule has 2 aromatic carbocycles. The van der Waals surface area contributed by atoms with Crippen LogP contribution in [0.25, 0.3) is 0 Å². The largest absolute Gasteiger partial charge is 0.495 e. The molecule has 0 radical (unpaired) electrons. The first-order chi connectivity index (χ1) is 10.1. The number of methoxy groups -OCH3 is 1. The molecule has 2 rings (SSSR count). The molecule has 0 aliphatic heterocycles. The molecule has 0 atom stereocenters. The van der Waals surface area contributed by atoms with Crippen LogP contribution in [0.5, 0.6) is 11.5 Å². The van der Waals surface area contributed by atoms with Crippen molar-refractivity contribution in [2.24, 2.45) is 0 Å². The van der Waals surface area contributed by atoms with Gasteiger partial charge in [-0.2, -0.15) is 0 Å². The molecule has 0 aliphatic rings. The highest BCUT2D eigenvalue weighted by Crippen LogP contribution is 2.26. The van der Waals surface area contributed by atoms with Gasteiger partial charge in [-0.05, 0) is 42.5 Å². The fourth-order valence-electron chi connectivity index (χ4n) is 1.69. The van der Waals surface area contributed by atoms with E-state index in [4.69, 9.17) is 15.2 Å². The van der Waals surface area contributed by atoms with Crippen LogP contribution < -0.4 is 20.5 Å². The molecule has 0 saturated heterocycles. The van der Waals surface area contributed by atoms with Crippen LogP contribution in [0, 0.1) is 5.82 Å². The zero-order valence-electron chi connectivity index (χ0n) is 11.4. The van der Waals surface area contributed by atoms with Crippen molar-refractivity contribution in [3.63, 3.8) is 0 Å². The molecule has 3 N–H and O–H groups in total. The van der Waals surface area contributed by atoms with Crippen molar-refractivity contribution < 1.29 is 18.7 Å². The number of hydrogen-bond donors (Lipinski definition) is 2. The number of carbonyl (C=O) groups excluding carboxylic acids is 1. The van der Waals surface area contributed by atoms with E-state index in [1.165, 1.54) is 31.4 Å². The maximum absolute atomic E-state index is 12.7. The van der Waals surface area contributed by atoms with E-state index in [0.717, 1.165) is 0 Å². The molecule has 1 amide bonds. The molecule has 0 saturated carbocycles. The summed E-state index contributed by atoms with van der Waals surface area (Å²) in [7, 11) is 1.50. The normalized spacial score (nSPS) is 10.0. The highest BCUT2D eigenvalue weighted by atomic mass is 19.1. The molecule has 0 fully saturated rings. The van der Waals surface area contributed by atoms with Gasteiger partial charge in [0, 0.05) is 5.69 Å². The molecule has 2 aromatic rings. The molecule has 0 unspecified atom stereocenters. The number of nitrogens with one attached hydrogen (secondary N) is 1. The third-order valence-electron chi connectivity index (χ3n) is 2.68. The maximum atomic E-state index is 12.7. The number of nitrogens with two attached hydrogens (primary N) is 1. The Hall–Kier alpha value is -2.76. The molecular weight excluding hydrogens is 275 g/mol. The Bertz CT molecular complexity index is 629. The predicted molar refractivity (Wildman–Crippen MR) is 77.9 cm³/mol. The standard InChI is InChI=1S/C15H15FN2O3/c1-20-14-7-4-11(17)8-13(14)18-15(19)9-21-12-5-2-10(16)3-6-12/h2-8H,9,17H2,1H3,(H,18,19). The van der Waals surface area contributed by atoms with Crippen LogP contribution in [0.4, 0.5) is 15.8 Å². The van der Waals surface area contributed by atoms with Gasteiger partial charge in [0.05, 0.1) is 12.8 Å². The molecule has 0 aromatic heterocycles. The first kappa shape index (κ1) is 14.6. The number of carbonyl (C=O) groups is 1. The molecule has 0 heterocycles. The Kier molecular flexibility index (Phi) is 4.61. The van der Waals surface area contributed by atoms with Crippen LogP contribution in [0.15, 0.2) is 42.5 Å². The van der Waals surface area contributed by atoms with Crippen LogP contribution in [0.3, 0.4) is 0 Å². The van der Waals surface area contributed by atoms with Crippen LogP contribution in [-0.2, 0) is 4.79 Å². The number of amides is 1. The summed E-state index contributed by atoms with van der Waals surface area (Å²) in [4.78, 5) is 11.8. The van der Waals surface area contributed by atoms with Gasteiger partial charge >= 0.3 is 0 Å². The smallest absolute Gasteiger partial charge is 0.262 e. The van der Waals surface area contributed by atoms with Crippen molar-refractivity contribution in [3.05, 3.63) is 48.3 Å². The Morgan fingerprint density at radius 1 is 1.24 bits per heavy atom. The number of ether oxygens (including phenoxy) is 2. The van der Waals surface area contributed by atoms with E-state index in [2.05, 4.69) is 5.32 Å². The minimum Gasteiger partial charge on any atom is -0.495 e. The third-order valence-corrected chi connectivity index (χ3v) is 2.68. The monoisotopic (exact) mass is 290 g/mol. The maximum Gasteiger partial charge on any atom is 0.262 e. The van der Waals surface area contributed by atoms with E-state index in [9.17, 15) is 9.18 Å². The Balaban J connectivity index is 1.95. The van der Waals surface area contributed by atoms with E-state index >= 15 is 0 Å². The highest BCUT2D eigenvalue weighted by Gasteiger charge is 2.09. The number of hydrogen-bond acceptors (Lipinski definition) is 4. The lowest BCUT2D eigenvalue weighted by Gasteiger charge is -2.11. The van der Waals surface area contributed by atoms with E-state index in [-0.39, 0.29) is 18.3 Å². The summed E-state index contributed by atoms with van der Waals surface area (Å²) in [6, 6.07) is 10.3. The molecule has 0 spiro atoms. The molecule has 6 heteroatoms. The topological polar surface area (TPSA) is 73.6 Å². The SMILES string of the molecule is COc1ccc(N)cc1NC(=O)COc1ccc(F)cc1. The van der Waals surface area contributed by atoms with Gasteiger partial charge in [0.2, 0.25) is 0 Å². The first-order valence-electron chi connectivity index (χ1n) is 6.20. The second-order valence-electron chi connectivity index (χ2n) is 4.25. The van der Waals surface area contributed by atoms with E-state index < -0.39 is 0 Å². The van der Waals surface area contributed by atoms with E-state index in [1.807, 2.05) is 0 Å². The van der Waals surface area contributed by atoms with Crippen LogP contribution in [-0.4, -0.2) is 19.6 Å². The van der Waals surface area contributed by atoms with Gasteiger partial charge in [0.15, 0.2) is 6.61 Å². The van der Waals surface area contributed by atoms with Gasteiger partial charge in [0.25, 0.3) is 5.91 Å². The summed E-state index contributed by atoms with van der Waals surface area (Å²) in [5, 5.41) is 2.64. The van der Waals surface area contributed by atoms with Crippen LogP contribution in [0.1, 0.15) is 0 Å². The van der Waals surface area contributed by atoms with Crippen LogP contribution in [0.2, 0.25) is 0 Å². The summed E-state index contributed by atoms with van der Waals surface area (Å²) < 4.78 is 23.1. The van der Waals surface area contributed by atoms with Gasteiger partial charge in [-0.1, -0.05) is 0 Å². The number of benzene rings is 2. The second-order valence-corrected chi connectivity index (χ2v) is 4.25. The molecule has 0 bridgehead atoms. The fraction of sp³-hybridized carbons (Fsp3) is 0.133. The van der Waals surface area contributed by atoms with E-state index in [1.54, 1.807) is 18.2 Å². The molecule has 21 heavy (non-hydrogen) atoms. The number of nitrogen functional groups attached to an aromatic ring is 1. The lowest BCUT2D eigenvalue weighted by atomic mass is 10.2. The average Bonchev–Trinajstić information content (AvgIpc) is 2.47. The van der Waals surface area contributed by atoms with Crippen LogP contribution >= 0.6 is 0 Å². The van der Waals surface area contributed by atoms with Crippen molar-refractivity contribution >= 4 is 17.3 Å². The summed E-state index contributed by atoms with van der Waals surface area (Å²) in [5.41, 5.74) is 6.63. The van der Waals surface area contributed by atoms with Crippen molar-refractivity contribution in [1.82, 2.24) is 0 Å². The van der Waals surface area contributed by atoms with Crippen molar-refractivity contribution in [2.45, 2.75) is 0 Å². The molecular formula is C15H15FN2O3. The molecule has 0 aliphatic carbocycles. The Morgan fingerprint density at radius 3 is 2.62 bits per heavy atom. The third kappa shape index (κ3) is 4.10. The highest BCUT2D eigenvalue weighted by molar-refractivity contribution is 5.93. The van der Waals surface area contributed by atoms with Gasteiger partial charge < -0.3 is 20.5 Å². The lowest BCUT2D eigenvalue weighted by Crippen LogP contribution is -2.20. The number of halogens is 1. The minimum atomic E-state index is -0.372. The van der Waals surface area contributed by atoms with Gasteiger partial charge in [-0.25, -0.2) is 4.39 Å². The summed E-state index contributed by atoms with van der Waals surface area (Å²) in [6.07, 6.45) is 0. The van der Waals surface area contributed by atoms with Crippen molar-refractivity contribution in [3.8, 4) is 11.5 Å². The second kappa shape index (κ2) is 6.60. The van der Waals surface area contributed by atoms with Crippen molar-refractivity contribution in [1.29, 1.82) is 0 Å². The quantitative estimate of drug-likeness (QED) is 0.829. The predicted octanol–water partition coefficient (Wildman–Crippen LogP) is 2.43. The number of rotatable bonds is 5.